The van der Waals surface area contributed by atoms with E-state index in [-0.39, 0.29) is 12.2 Å². The first-order valence-electron chi connectivity index (χ1n) is 4.80. The lowest BCUT2D eigenvalue weighted by molar-refractivity contribution is -0.0548. The van der Waals surface area contributed by atoms with Gasteiger partial charge in [0.1, 0.15) is 5.82 Å². The van der Waals surface area contributed by atoms with Crippen molar-refractivity contribution in [2.24, 2.45) is 0 Å². The van der Waals surface area contributed by atoms with Crippen LogP contribution >= 0.6 is 0 Å². The Morgan fingerprint density at radius 1 is 1.62 bits per heavy atom. The molecule has 2 rings (SSSR count). The molecule has 1 radical (unpaired) electrons. The molecule has 1 aliphatic heterocycles. The zero-order chi connectivity index (χ0) is 11.8. The van der Waals surface area contributed by atoms with E-state index in [9.17, 15) is 13.6 Å². The maximum Gasteiger partial charge on any atom is 0.327 e. The molecule has 0 aromatic carbocycles. The van der Waals surface area contributed by atoms with Gasteiger partial charge in [0, 0.05) is 30.4 Å². The molecule has 1 aromatic rings. The van der Waals surface area contributed by atoms with Gasteiger partial charge in [-0.25, -0.2) is 4.98 Å². The number of rotatable bonds is 3. The number of hydrogen-bond donors (Lipinski definition) is 1. The first kappa shape index (κ1) is 10.8. The smallest absolute Gasteiger partial charge is 0.313 e. The molecule has 4 nitrogen and oxygen atoms in total. The zero-order valence-corrected chi connectivity index (χ0v) is 8.63. The average Bonchev–Trinajstić information content (AvgIpc) is 2.23. The normalized spacial score (nSPS) is 17.8. The average molecular weight is 226 g/mol. The lowest BCUT2D eigenvalue weighted by Gasteiger charge is -2.42. The third kappa shape index (κ3) is 1.60. The van der Waals surface area contributed by atoms with Crippen LogP contribution in [0.3, 0.4) is 0 Å². The molecule has 0 aliphatic carbocycles. The first-order chi connectivity index (χ1) is 7.56. The van der Waals surface area contributed by atoms with Crippen molar-refractivity contribution >= 4 is 17.9 Å². The van der Waals surface area contributed by atoms with E-state index in [1.807, 2.05) is 0 Å². The minimum Gasteiger partial charge on any atom is -0.313 e. The molecule has 0 unspecified atom stereocenters. The number of carbonyl (C=O) groups excluding carboxylic acids is 1. The van der Waals surface area contributed by atoms with Crippen molar-refractivity contribution in [1.29, 1.82) is 0 Å². The molecule has 0 atom stereocenters. The summed E-state index contributed by atoms with van der Waals surface area (Å²) in [5, 5.41) is 2.26. The quantitative estimate of drug-likeness (QED) is 0.630. The summed E-state index contributed by atoms with van der Waals surface area (Å²) >= 11 is 0. The molecule has 1 N–H and O–H groups in total. The first-order valence-corrected chi connectivity index (χ1v) is 4.80. The minimum atomic E-state index is -2.80. The molecule has 1 saturated heterocycles. The molecule has 0 bridgehead atoms. The van der Waals surface area contributed by atoms with Gasteiger partial charge in [0.25, 0.3) is 0 Å². The molecule has 0 saturated carbocycles. The maximum absolute atomic E-state index is 13.2. The summed E-state index contributed by atoms with van der Waals surface area (Å²) < 4.78 is 26.4. The Morgan fingerprint density at radius 3 is 2.88 bits per heavy atom. The van der Waals surface area contributed by atoms with Gasteiger partial charge in [-0.05, 0) is 13.0 Å². The van der Waals surface area contributed by atoms with E-state index in [0.717, 1.165) is 4.90 Å². The summed E-state index contributed by atoms with van der Waals surface area (Å²) in [6.07, 6.45) is 2.72. The van der Waals surface area contributed by atoms with Crippen LogP contribution in [0.25, 0.3) is 0 Å². The number of anilines is 2. The zero-order valence-electron chi connectivity index (χ0n) is 8.63. The highest BCUT2D eigenvalue weighted by Gasteiger charge is 2.46. The Hall–Kier alpha value is -1.72. The van der Waals surface area contributed by atoms with Crippen LogP contribution in [0.2, 0.25) is 0 Å². The number of halogens is 2. The molecule has 0 spiro atoms. The fraction of sp³-hybridized carbons (Fsp3) is 0.400. The third-order valence-corrected chi connectivity index (χ3v) is 2.67. The number of alkyl halides is 2. The predicted octanol–water partition coefficient (Wildman–Crippen LogP) is 1.67. The van der Waals surface area contributed by atoms with Crippen molar-refractivity contribution in [2.75, 3.05) is 16.8 Å². The van der Waals surface area contributed by atoms with Crippen LogP contribution in [0, 0.1) is 6.92 Å². The second kappa shape index (κ2) is 3.70. The second-order valence-corrected chi connectivity index (χ2v) is 3.60. The van der Waals surface area contributed by atoms with E-state index in [1.165, 1.54) is 18.7 Å². The predicted molar refractivity (Wildman–Crippen MR) is 55.2 cm³/mol. The molecule has 1 amide bonds. The fourth-order valence-electron chi connectivity index (χ4n) is 1.68. The van der Waals surface area contributed by atoms with Gasteiger partial charge >= 0.3 is 12.5 Å². The summed E-state index contributed by atoms with van der Waals surface area (Å²) in [6.45, 7) is 1.94. The van der Waals surface area contributed by atoms with Gasteiger partial charge in [-0.1, -0.05) is 0 Å². The lowest BCUT2D eigenvalue weighted by atomic mass is 10.1. The van der Waals surface area contributed by atoms with Gasteiger partial charge < -0.3 is 10.2 Å². The van der Waals surface area contributed by atoms with Crippen molar-refractivity contribution in [3.05, 3.63) is 17.8 Å². The molecule has 2 heterocycles. The van der Waals surface area contributed by atoms with Crippen LogP contribution in [-0.4, -0.2) is 24.0 Å². The number of amides is 1. The monoisotopic (exact) mass is 226 g/mol. The summed E-state index contributed by atoms with van der Waals surface area (Å²) in [5.41, 5.74) is 0.911. The number of pyridine rings is 1. The van der Waals surface area contributed by atoms with Crippen LogP contribution in [0.5, 0.6) is 0 Å². The van der Waals surface area contributed by atoms with Crippen molar-refractivity contribution in [2.45, 2.75) is 19.4 Å². The van der Waals surface area contributed by atoms with Gasteiger partial charge in [-0.15, -0.1) is 0 Å². The van der Waals surface area contributed by atoms with Crippen LogP contribution in [-0.2, 0) is 4.79 Å². The van der Waals surface area contributed by atoms with Gasteiger partial charge in [0.15, 0.2) is 0 Å². The van der Waals surface area contributed by atoms with Crippen LogP contribution in [0.15, 0.2) is 12.3 Å². The Kier molecular flexibility index (Phi) is 2.49. The number of hydrogen-bond acceptors (Lipinski definition) is 3. The van der Waals surface area contributed by atoms with Crippen LogP contribution in [0.1, 0.15) is 12.0 Å². The molecule has 1 aliphatic rings. The minimum absolute atomic E-state index is 0.142. The largest absolute Gasteiger partial charge is 0.327 e. The van der Waals surface area contributed by atoms with Crippen LogP contribution < -0.4 is 10.2 Å². The van der Waals surface area contributed by atoms with E-state index in [4.69, 9.17) is 0 Å². The summed E-state index contributed by atoms with van der Waals surface area (Å²) in [4.78, 5) is 15.1. The molecule has 1 fully saturated rings. The van der Waals surface area contributed by atoms with Crippen molar-refractivity contribution in [3.63, 3.8) is 0 Å². The fourth-order valence-corrected chi connectivity index (χ4v) is 1.68. The SMILES string of the molecule is Cc1c(N2CCC2(F)F)ccnc1N[C]=O. The maximum atomic E-state index is 13.2. The van der Waals surface area contributed by atoms with Crippen molar-refractivity contribution in [1.82, 2.24) is 4.98 Å². The van der Waals surface area contributed by atoms with E-state index in [0.29, 0.717) is 17.8 Å². The van der Waals surface area contributed by atoms with Gasteiger partial charge in [-0.2, -0.15) is 8.78 Å². The van der Waals surface area contributed by atoms with Gasteiger partial charge in [0.05, 0.1) is 0 Å². The van der Waals surface area contributed by atoms with E-state index >= 15 is 0 Å². The Balaban J connectivity index is 2.35. The van der Waals surface area contributed by atoms with E-state index < -0.39 is 6.05 Å². The van der Waals surface area contributed by atoms with Crippen molar-refractivity contribution in [3.8, 4) is 0 Å². The Morgan fingerprint density at radius 2 is 2.38 bits per heavy atom. The highest BCUT2D eigenvalue weighted by atomic mass is 19.3. The second-order valence-electron chi connectivity index (χ2n) is 3.60. The standard InChI is InChI=1S/C10H10F2N3O/c1-7-8(15-5-3-10(15,11)12)2-4-13-9(7)14-6-16/h2,4H,3,5H2,1H3,(H,13,14,16). The summed E-state index contributed by atoms with van der Waals surface area (Å²) in [6, 6.07) is -1.29. The Bertz CT molecular complexity index is 423. The number of aromatic nitrogens is 1. The Labute approximate surface area is 91.3 Å². The molecular weight excluding hydrogens is 216 g/mol. The highest BCUT2D eigenvalue weighted by molar-refractivity contribution is 5.75. The molecule has 1 aromatic heterocycles. The number of nitrogens with one attached hydrogen (secondary N) is 1. The van der Waals surface area contributed by atoms with E-state index in [1.54, 1.807) is 6.92 Å². The highest BCUT2D eigenvalue weighted by Crippen LogP contribution is 2.40. The lowest BCUT2D eigenvalue weighted by Crippen LogP contribution is -2.54. The van der Waals surface area contributed by atoms with Crippen molar-refractivity contribution < 1.29 is 13.6 Å². The number of nitrogens with zero attached hydrogens (tertiary/aromatic N) is 2. The molecule has 85 valence electrons. The molecule has 16 heavy (non-hydrogen) atoms. The third-order valence-electron chi connectivity index (χ3n) is 2.67. The summed E-state index contributed by atoms with van der Waals surface area (Å²) in [5.74, 6) is 0.259. The molecular formula is C10H10F2N3O. The van der Waals surface area contributed by atoms with E-state index in [2.05, 4.69) is 10.3 Å². The summed E-state index contributed by atoms with van der Waals surface area (Å²) in [7, 11) is 0. The topological polar surface area (TPSA) is 45.2 Å². The van der Waals surface area contributed by atoms with Crippen LogP contribution in [0.4, 0.5) is 20.3 Å². The van der Waals surface area contributed by atoms with Gasteiger partial charge in [-0.3, -0.25) is 4.79 Å². The molecule has 6 heteroatoms. The van der Waals surface area contributed by atoms with Gasteiger partial charge in [0.2, 0.25) is 0 Å².